The fourth-order valence-electron chi connectivity index (χ4n) is 11.3. The van der Waals surface area contributed by atoms with E-state index in [1.54, 1.807) is 0 Å². The largest absolute Gasteiger partial charge is 0.455 e. The van der Waals surface area contributed by atoms with Gasteiger partial charge in [-0.05, 0) is 119 Å². The highest BCUT2D eigenvalue weighted by molar-refractivity contribution is 6.19. The quantitative estimate of drug-likeness (QED) is 0.165. The molecule has 0 radical (unpaired) electrons. The van der Waals surface area contributed by atoms with E-state index in [1.807, 2.05) is 0 Å². The van der Waals surface area contributed by atoms with E-state index in [2.05, 4.69) is 221 Å². The number of anilines is 3. The Morgan fingerprint density at radius 2 is 0.903 bits per heavy atom. The van der Waals surface area contributed by atoms with Crippen molar-refractivity contribution in [1.29, 1.82) is 0 Å². The average Bonchev–Trinajstić information content (AvgIpc) is 3.87. The van der Waals surface area contributed by atoms with Crippen LogP contribution in [0, 0.1) is 0 Å². The van der Waals surface area contributed by atoms with Gasteiger partial charge in [-0.1, -0.05) is 167 Å². The Balaban J connectivity index is 1.05. The van der Waals surface area contributed by atoms with E-state index < -0.39 is 0 Å². The van der Waals surface area contributed by atoms with Crippen molar-refractivity contribution in [3.05, 3.63) is 210 Å². The van der Waals surface area contributed by atoms with Crippen LogP contribution < -0.4 is 4.90 Å². The van der Waals surface area contributed by atoms with E-state index in [0.29, 0.717) is 0 Å². The van der Waals surface area contributed by atoms with Crippen LogP contribution in [0.1, 0.15) is 49.9 Å². The average molecular weight is 794 g/mol. The standard InChI is InChI=1S/C60H43NO/c1-59(2)51-23-13-11-20-44(51)46-28-25-38(32-53(46)59)57-42-18-8-6-15-36(42)31-50-49-30-27-40(35-56(49)62-58(50)57)61(55-33-37-16-5-7-17-41(37)43-19-9-10-22-48(43)55)39-26-29-47-45-21-12-14-24-52(45)60(3,4)54(47)34-39/h5-35H,1-4H3. The number of furan rings is 1. The first kappa shape index (κ1) is 35.3. The van der Waals surface area contributed by atoms with Gasteiger partial charge in [-0.2, -0.15) is 0 Å². The maximum absolute atomic E-state index is 7.22. The Kier molecular flexibility index (Phi) is 7.16. The van der Waals surface area contributed by atoms with E-state index >= 15 is 0 Å². The highest BCUT2D eigenvalue weighted by Gasteiger charge is 2.37. The van der Waals surface area contributed by atoms with Crippen molar-refractivity contribution in [2.45, 2.75) is 38.5 Å². The van der Waals surface area contributed by atoms with Crippen LogP contribution in [-0.2, 0) is 10.8 Å². The van der Waals surface area contributed by atoms with Crippen LogP contribution in [0.3, 0.4) is 0 Å². The van der Waals surface area contributed by atoms with Crippen LogP contribution in [-0.4, -0.2) is 0 Å². The molecule has 0 amide bonds. The highest BCUT2D eigenvalue weighted by atomic mass is 16.3. The zero-order chi connectivity index (χ0) is 41.5. The summed E-state index contributed by atoms with van der Waals surface area (Å²) >= 11 is 0. The molecular formula is C60H43NO. The number of nitrogens with zero attached hydrogens (tertiary/aromatic N) is 1. The van der Waals surface area contributed by atoms with Gasteiger partial charge < -0.3 is 9.32 Å². The van der Waals surface area contributed by atoms with Crippen molar-refractivity contribution in [3.63, 3.8) is 0 Å². The van der Waals surface area contributed by atoms with E-state index in [4.69, 9.17) is 4.42 Å². The highest BCUT2D eigenvalue weighted by Crippen LogP contribution is 2.53. The van der Waals surface area contributed by atoms with Crippen LogP contribution in [0.2, 0.25) is 0 Å². The summed E-state index contributed by atoms with van der Waals surface area (Å²) in [5.74, 6) is 0. The molecule has 0 aliphatic heterocycles. The molecule has 0 saturated heterocycles. The lowest BCUT2D eigenvalue weighted by Gasteiger charge is -2.29. The minimum absolute atomic E-state index is 0.111. The van der Waals surface area contributed by atoms with E-state index in [0.717, 1.165) is 44.6 Å². The second-order valence-electron chi connectivity index (χ2n) is 18.5. The number of rotatable bonds is 4. The predicted octanol–water partition coefficient (Wildman–Crippen LogP) is 16.8. The zero-order valence-corrected chi connectivity index (χ0v) is 35.3. The lowest BCUT2D eigenvalue weighted by Crippen LogP contribution is -2.16. The Morgan fingerprint density at radius 1 is 0.371 bits per heavy atom. The fourth-order valence-corrected chi connectivity index (χ4v) is 11.3. The smallest absolute Gasteiger partial charge is 0.143 e. The van der Waals surface area contributed by atoms with Crippen molar-refractivity contribution >= 4 is 71.3 Å². The summed E-state index contributed by atoms with van der Waals surface area (Å²) in [4.78, 5) is 2.46. The molecule has 2 nitrogen and oxygen atoms in total. The van der Waals surface area contributed by atoms with Gasteiger partial charge in [-0.15, -0.1) is 0 Å². The predicted molar refractivity (Wildman–Crippen MR) is 261 cm³/mol. The first-order valence-electron chi connectivity index (χ1n) is 21.8. The number of hydrogen-bond donors (Lipinski definition) is 0. The molecule has 0 unspecified atom stereocenters. The third-order valence-corrected chi connectivity index (χ3v) is 14.4. The topological polar surface area (TPSA) is 16.4 Å². The summed E-state index contributed by atoms with van der Waals surface area (Å²) in [5.41, 5.74) is 17.9. The Bertz CT molecular complexity index is 3710. The first-order valence-corrected chi connectivity index (χ1v) is 21.8. The van der Waals surface area contributed by atoms with Gasteiger partial charge in [0.1, 0.15) is 11.2 Å². The molecule has 11 aromatic rings. The maximum Gasteiger partial charge on any atom is 0.143 e. The summed E-state index contributed by atoms with van der Waals surface area (Å²) in [6.07, 6.45) is 0. The number of benzene rings is 10. The van der Waals surface area contributed by atoms with Gasteiger partial charge in [-0.3, -0.25) is 0 Å². The molecule has 0 fully saturated rings. The van der Waals surface area contributed by atoms with Crippen LogP contribution in [0.15, 0.2) is 192 Å². The monoisotopic (exact) mass is 793 g/mol. The summed E-state index contributed by atoms with van der Waals surface area (Å²) in [5, 5.41) is 9.54. The third-order valence-electron chi connectivity index (χ3n) is 14.4. The van der Waals surface area contributed by atoms with Crippen molar-refractivity contribution in [1.82, 2.24) is 0 Å². The van der Waals surface area contributed by atoms with E-state index in [1.165, 1.54) is 82.4 Å². The summed E-state index contributed by atoms with van der Waals surface area (Å²) < 4.78 is 7.22. The molecular weight excluding hydrogens is 751 g/mol. The first-order chi connectivity index (χ1) is 30.3. The van der Waals surface area contributed by atoms with Gasteiger partial charge in [0.15, 0.2) is 0 Å². The lowest BCUT2D eigenvalue weighted by atomic mass is 9.81. The molecule has 2 aliphatic carbocycles. The minimum Gasteiger partial charge on any atom is -0.455 e. The SMILES string of the molecule is CC1(C)c2ccccc2-c2ccc(-c3c4ccccc4cc4c3oc3cc(N(c5ccc6c(c5)C(C)(C)c5ccccc5-6)c5cc6ccccc6c6ccccc56)ccc34)cc21. The molecule has 0 saturated carbocycles. The van der Waals surface area contributed by atoms with E-state index in [9.17, 15) is 0 Å². The van der Waals surface area contributed by atoms with Crippen molar-refractivity contribution in [3.8, 4) is 33.4 Å². The van der Waals surface area contributed by atoms with Crippen molar-refractivity contribution in [2.24, 2.45) is 0 Å². The van der Waals surface area contributed by atoms with Crippen LogP contribution in [0.5, 0.6) is 0 Å². The Morgan fingerprint density at radius 3 is 1.63 bits per heavy atom. The number of fused-ring (bicyclic) bond motifs is 13. The molecule has 1 heterocycles. The molecule has 0 atom stereocenters. The van der Waals surface area contributed by atoms with Gasteiger partial charge in [0, 0.05) is 50.0 Å². The molecule has 62 heavy (non-hydrogen) atoms. The molecule has 10 aromatic carbocycles. The second-order valence-corrected chi connectivity index (χ2v) is 18.5. The second kappa shape index (κ2) is 12.6. The number of hydrogen-bond acceptors (Lipinski definition) is 2. The van der Waals surface area contributed by atoms with Crippen LogP contribution in [0.25, 0.3) is 87.6 Å². The lowest BCUT2D eigenvalue weighted by molar-refractivity contribution is 0.660. The molecule has 2 aliphatic rings. The van der Waals surface area contributed by atoms with Crippen molar-refractivity contribution in [2.75, 3.05) is 4.90 Å². The normalized spacial score (nSPS) is 14.4. The van der Waals surface area contributed by atoms with Gasteiger partial charge in [0.05, 0.1) is 5.69 Å². The molecule has 0 bridgehead atoms. The zero-order valence-electron chi connectivity index (χ0n) is 35.3. The van der Waals surface area contributed by atoms with Gasteiger partial charge >= 0.3 is 0 Å². The maximum atomic E-state index is 7.22. The summed E-state index contributed by atoms with van der Waals surface area (Å²) in [7, 11) is 0. The Hall–Kier alpha value is -7.42. The minimum atomic E-state index is -0.143. The molecule has 0 N–H and O–H groups in total. The van der Waals surface area contributed by atoms with Gasteiger partial charge in [-0.25, -0.2) is 0 Å². The summed E-state index contributed by atoms with van der Waals surface area (Å²) in [6.45, 7) is 9.43. The molecule has 294 valence electrons. The van der Waals surface area contributed by atoms with Gasteiger partial charge in [0.2, 0.25) is 0 Å². The summed E-state index contributed by atoms with van der Waals surface area (Å²) in [6, 6.07) is 69.8. The molecule has 2 heteroatoms. The fraction of sp³-hybridized carbons (Fsp3) is 0.100. The molecule has 0 spiro atoms. The Labute approximate surface area is 361 Å². The molecule has 1 aromatic heterocycles. The van der Waals surface area contributed by atoms with E-state index in [-0.39, 0.29) is 10.8 Å². The van der Waals surface area contributed by atoms with Gasteiger partial charge in [0.25, 0.3) is 0 Å². The molecule has 13 rings (SSSR count). The third kappa shape index (κ3) is 4.81. The van der Waals surface area contributed by atoms with Crippen LogP contribution >= 0.6 is 0 Å². The van der Waals surface area contributed by atoms with Crippen LogP contribution in [0.4, 0.5) is 17.1 Å². The van der Waals surface area contributed by atoms with Crippen molar-refractivity contribution < 1.29 is 4.42 Å².